The third-order valence-electron chi connectivity index (χ3n) is 4.78. The highest BCUT2D eigenvalue weighted by Crippen LogP contribution is 2.32. The molecule has 3 rings (SSSR count). The molecule has 1 aromatic carbocycles. The van der Waals surface area contributed by atoms with E-state index in [0.29, 0.717) is 28.6 Å². The summed E-state index contributed by atoms with van der Waals surface area (Å²) in [5, 5.41) is 19.3. The minimum absolute atomic E-state index is 0.0231. The van der Waals surface area contributed by atoms with Crippen LogP contribution in [0.2, 0.25) is 0 Å². The van der Waals surface area contributed by atoms with Crippen LogP contribution in [0.5, 0.6) is 5.75 Å². The van der Waals surface area contributed by atoms with E-state index in [1.807, 2.05) is 33.8 Å². The summed E-state index contributed by atoms with van der Waals surface area (Å²) in [6.07, 6.45) is 4.63. The maximum atomic E-state index is 14.0. The molecule has 0 spiro atoms. The van der Waals surface area contributed by atoms with Crippen molar-refractivity contribution in [1.82, 2.24) is 10.3 Å². The van der Waals surface area contributed by atoms with Crippen LogP contribution in [-0.4, -0.2) is 57.3 Å². The summed E-state index contributed by atoms with van der Waals surface area (Å²) < 4.78 is 19.4. The van der Waals surface area contributed by atoms with Crippen molar-refractivity contribution in [1.29, 1.82) is 0 Å². The highest BCUT2D eigenvalue weighted by atomic mass is 19.1. The van der Waals surface area contributed by atoms with Gasteiger partial charge in [-0.25, -0.2) is 9.37 Å². The Morgan fingerprint density at radius 3 is 2.36 bits per heavy atom. The first-order valence-corrected chi connectivity index (χ1v) is 11.5. The summed E-state index contributed by atoms with van der Waals surface area (Å²) in [6, 6.07) is 6.43. The third-order valence-corrected chi connectivity index (χ3v) is 4.78. The number of carbonyl (C=O) groups excluding carboxylic acids is 1. The molecule has 0 bridgehead atoms. The first-order chi connectivity index (χ1) is 16.1. The van der Waals surface area contributed by atoms with Gasteiger partial charge in [-0.2, -0.15) is 0 Å². The second-order valence-corrected chi connectivity index (χ2v) is 7.11. The Bertz CT molecular complexity index is 769. The second-order valence-electron chi connectivity index (χ2n) is 7.11. The molecule has 1 fully saturated rings. The molecule has 7 nitrogen and oxygen atoms in total. The number of rotatable bonds is 7. The van der Waals surface area contributed by atoms with Crippen molar-refractivity contribution >= 4 is 18.3 Å². The highest BCUT2D eigenvalue weighted by molar-refractivity contribution is 5.75. The molecule has 0 radical (unpaired) electrons. The van der Waals surface area contributed by atoms with E-state index in [0.717, 1.165) is 39.1 Å². The molecular weight excluding hydrogens is 423 g/mol. The van der Waals surface area contributed by atoms with Gasteiger partial charge < -0.3 is 30.6 Å². The Hall–Kier alpha value is -2.71. The average Bonchev–Trinajstić information content (AvgIpc) is 2.87. The van der Waals surface area contributed by atoms with E-state index in [1.165, 1.54) is 24.8 Å². The minimum atomic E-state index is -0.343. The van der Waals surface area contributed by atoms with Crippen LogP contribution in [0.1, 0.15) is 40.0 Å². The maximum absolute atomic E-state index is 14.0. The van der Waals surface area contributed by atoms with Gasteiger partial charge in [-0.1, -0.05) is 20.8 Å². The maximum Gasteiger partial charge on any atom is 0.141 e. The number of halogens is 1. The van der Waals surface area contributed by atoms with Crippen LogP contribution >= 0.6 is 0 Å². The predicted molar refractivity (Wildman–Crippen MR) is 136 cm³/mol. The molecule has 1 aliphatic rings. The van der Waals surface area contributed by atoms with Gasteiger partial charge in [0.1, 0.15) is 24.2 Å². The van der Waals surface area contributed by atoms with E-state index in [1.54, 1.807) is 13.1 Å². The third kappa shape index (κ3) is 11.6. The van der Waals surface area contributed by atoms with Crippen LogP contribution in [-0.2, 0) is 9.53 Å². The van der Waals surface area contributed by atoms with E-state index in [4.69, 9.17) is 9.53 Å². The molecule has 186 valence electrons. The van der Waals surface area contributed by atoms with Crippen LogP contribution in [0.15, 0.2) is 30.5 Å². The molecule has 2 aromatic rings. The summed E-state index contributed by atoms with van der Waals surface area (Å²) >= 11 is 0. The smallest absolute Gasteiger partial charge is 0.141 e. The molecule has 0 amide bonds. The summed E-state index contributed by atoms with van der Waals surface area (Å²) in [6.45, 7) is 11.7. The monoisotopic (exact) mass is 464 g/mol. The lowest BCUT2D eigenvalue weighted by molar-refractivity contribution is -0.0980. The fraction of sp³-hybridized carbons (Fsp3) is 0.520. The largest absolute Gasteiger partial charge is 0.506 e. The molecule has 4 N–H and O–H groups in total. The number of carbonyl (C=O) groups is 1. The number of hydrogen-bond donors (Lipinski definition) is 4. The lowest BCUT2D eigenvalue weighted by Gasteiger charge is -2.22. The van der Waals surface area contributed by atoms with Crippen LogP contribution < -0.4 is 16.0 Å². The Morgan fingerprint density at radius 1 is 1.15 bits per heavy atom. The fourth-order valence-electron chi connectivity index (χ4n) is 3.13. The van der Waals surface area contributed by atoms with Gasteiger partial charge in [0.25, 0.3) is 0 Å². The zero-order valence-corrected chi connectivity index (χ0v) is 20.7. The van der Waals surface area contributed by atoms with Crippen LogP contribution in [0.25, 0.3) is 11.1 Å². The van der Waals surface area contributed by atoms with Crippen molar-refractivity contribution in [2.75, 3.05) is 51.0 Å². The number of aromatic hydroxyl groups is 1. The predicted octanol–water partition coefficient (Wildman–Crippen LogP) is 4.93. The Kier molecular flexibility index (Phi) is 17.3. The Morgan fingerprint density at radius 2 is 1.82 bits per heavy atom. The number of anilines is 2. The number of ether oxygens (including phenoxy) is 1. The molecule has 33 heavy (non-hydrogen) atoms. The standard InChI is InChI=1S/C18H22FN3O2.C4H11N.C2H6.CH2O/c1-20-18-9-16(17(23)11-22-18)13-6-14(19)8-15(7-13)21-10-12-2-4-24-5-3-12;1-3-4-5-2;2*1-2/h6-9,11-12,21,23H,2-5,10H2,1H3,(H,20,22);5H,3-4H2,1-2H3;1-2H3;1H2. The number of nitrogens with zero attached hydrogens (tertiary/aromatic N) is 1. The van der Waals surface area contributed by atoms with Gasteiger partial charge in [-0.3, -0.25) is 0 Å². The minimum Gasteiger partial charge on any atom is -0.506 e. The van der Waals surface area contributed by atoms with Crippen molar-refractivity contribution in [3.8, 4) is 16.9 Å². The molecular formula is C25H41FN4O3. The van der Waals surface area contributed by atoms with E-state index < -0.39 is 0 Å². The lowest BCUT2D eigenvalue weighted by Crippen LogP contribution is -2.22. The summed E-state index contributed by atoms with van der Waals surface area (Å²) in [5.41, 5.74) is 1.86. The first-order valence-electron chi connectivity index (χ1n) is 11.5. The highest BCUT2D eigenvalue weighted by Gasteiger charge is 2.14. The van der Waals surface area contributed by atoms with Gasteiger partial charge in [-0.15, -0.1) is 0 Å². The van der Waals surface area contributed by atoms with Crippen LogP contribution in [0.4, 0.5) is 15.9 Å². The number of benzene rings is 1. The number of pyridine rings is 1. The average molecular weight is 465 g/mol. The molecule has 2 heterocycles. The Balaban J connectivity index is 0.000000991. The SMILES string of the molecule is C=O.CC.CCCNC.CNc1cc(-c2cc(F)cc(NCC3CCOCC3)c2)c(O)cn1. The van der Waals surface area contributed by atoms with Gasteiger partial charge in [-0.05, 0) is 68.6 Å². The van der Waals surface area contributed by atoms with Crippen LogP contribution in [0, 0.1) is 11.7 Å². The molecule has 1 aromatic heterocycles. The van der Waals surface area contributed by atoms with Gasteiger partial charge in [0.15, 0.2) is 0 Å². The van der Waals surface area contributed by atoms with Gasteiger partial charge in [0.2, 0.25) is 0 Å². The second kappa shape index (κ2) is 18.8. The Labute approximate surface area is 198 Å². The fourth-order valence-corrected chi connectivity index (χ4v) is 3.13. The lowest BCUT2D eigenvalue weighted by atomic mass is 10.00. The van der Waals surface area contributed by atoms with E-state index >= 15 is 0 Å². The van der Waals surface area contributed by atoms with E-state index in [9.17, 15) is 9.50 Å². The number of nitrogens with one attached hydrogen (secondary N) is 3. The number of aromatic nitrogens is 1. The molecule has 0 atom stereocenters. The van der Waals surface area contributed by atoms with Crippen molar-refractivity contribution in [2.45, 2.75) is 40.0 Å². The summed E-state index contributed by atoms with van der Waals surface area (Å²) in [4.78, 5) is 12.0. The van der Waals surface area contributed by atoms with Crippen molar-refractivity contribution in [2.24, 2.45) is 5.92 Å². The van der Waals surface area contributed by atoms with E-state index in [-0.39, 0.29) is 11.6 Å². The summed E-state index contributed by atoms with van der Waals surface area (Å²) in [7, 11) is 3.71. The molecule has 1 saturated heterocycles. The first kappa shape index (κ1) is 30.3. The normalized spacial score (nSPS) is 12.7. The molecule has 0 aliphatic carbocycles. The zero-order valence-electron chi connectivity index (χ0n) is 20.7. The topological polar surface area (TPSA) is 95.5 Å². The summed E-state index contributed by atoms with van der Waals surface area (Å²) in [5.74, 6) is 0.832. The van der Waals surface area contributed by atoms with Gasteiger partial charge in [0, 0.05) is 38.1 Å². The molecule has 0 unspecified atom stereocenters. The van der Waals surface area contributed by atoms with E-state index in [2.05, 4.69) is 27.9 Å². The van der Waals surface area contributed by atoms with Crippen LogP contribution in [0.3, 0.4) is 0 Å². The molecule has 8 heteroatoms. The molecule has 1 aliphatic heterocycles. The zero-order chi connectivity index (χ0) is 25.1. The van der Waals surface area contributed by atoms with Gasteiger partial charge >= 0.3 is 0 Å². The van der Waals surface area contributed by atoms with Crippen molar-refractivity contribution < 1.29 is 19.0 Å². The quantitative estimate of drug-likeness (QED) is 0.461. The molecule has 0 saturated carbocycles. The number of hydrogen-bond acceptors (Lipinski definition) is 7. The van der Waals surface area contributed by atoms with Crippen molar-refractivity contribution in [3.63, 3.8) is 0 Å². The van der Waals surface area contributed by atoms with Gasteiger partial charge in [0.05, 0.1) is 6.20 Å². The van der Waals surface area contributed by atoms with Crippen molar-refractivity contribution in [3.05, 3.63) is 36.3 Å².